The third-order valence-corrected chi connectivity index (χ3v) is 4.53. The number of hydrogen-bond donors (Lipinski definition) is 1. The predicted molar refractivity (Wildman–Crippen MR) is 61.2 cm³/mol. The first-order valence-electron chi connectivity index (χ1n) is 5.94. The van der Waals surface area contributed by atoms with E-state index >= 15 is 0 Å². The second kappa shape index (κ2) is 4.02. The standard InChI is InChI=1S/C11H19NO3S/c1-16(14,15)12-10(13)11-6-2-4-9(8-11)5-3-7-11/h9H,2-8H2,1H3,(H,12,13). The summed E-state index contributed by atoms with van der Waals surface area (Å²) < 4.78 is 24.4. The summed E-state index contributed by atoms with van der Waals surface area (Å²) in [6.07, 6.45) is 8.15. The van der Waals surface area contributed by atoms with Gasteiger partial charge >= 0.3 is 0 Å². The van der Waals surface area contributed by atoms with Gasteiger partial charge in [0.1, 0.15) is 0 Å². The molecule has 0 atom stereocenters. The highest BCUT2D eigenvalue weighted by Crippen LogP contribution is 2.49. The van der Waals surface area contributed by atoms with E-state index in [4.69, 9.17) is 0 Å². The average molecular weight is 245 g/mol. The van der Waals surface area contributed by atoms with Crippen molar-refractivity contribution >= 4 is 15.9 Å². The molecule has 0 spiro atoms. The van der Waals surface area contributed by atoms with Gasteiger partial charge in [0.25, 0.3) is 0 Å². The first-order valence-corrected chi connectivity index (χ1v) is 7.83. The molecule has 0 unspecified atom stereocenters. The molecule has 2 rings (SSSR count). The minimum absolute atomic E-state index is 0.264. The molecule has 0 saturated heterocycles. The Bertz CT molecular complexity index is 378. The van der Waals surface area contributed by atoms with Crippen molar-refractivity contribution in [3.63, 3.8) is 0 Å². The van der Waals surface area contributed by atoms with E-state index in [2.05, 4.69) is 4.72 Å². The Morgan fingerprint density at radius 3 is 2.31 bits per heavy atom. The quantitative estimate of drug-likeness (QED) is 0.800. The Labute approximate surface area is 96.8 Å². The lowest BCUT2D eigenvalue weighted by molar-refractivity contribution is -0.134. The van der Waals surface area contributed by atoms with Crippen molar-refractivity contribution in [1.82, 2.24) is 4.72 Å². The summed E-state index contributed by atoms with van der Waals surface area (Å²) in [5.74, 6) is 0.368. The van der Waals surface area contributed by atoms with Crippen LogP contribution in [0.3, 0.4) is 0 Å². The fraction of sp³-hybridized carbons (Fsp3) is 0.909. The van der Waals surface area contributed by atoms with Crippen LogP contribution in [0.5, 0.6) is 0 Å². The summed E-state index contributed by atoms with van der Waals surface area (Å²) in [5.41, 5.74) is -0.385. The topological polar surface area (TPSA) is 63.2 Å². The molecule has 2 saturated carbocycles. The Balaban J connectivity index is 2.14. The van der Waals surface area contributed by atoms with Crippen LogP contribution in [0.15, 0.2) is 0 Å². The average Bonchev–Trinajstić information content (AvgIpc) is 2.15. The maximum absolute atomic E-state index is 12.1. The maximum Gasteiger partial charge on any atom is 0.239 e. The van der Waals surface area contributed by atoms with Gasteiger partial charge in [-0.1, -0.05) is 25.7 Å². The maximum atomic E-state index is 12.1. The lowest BCUT2D eigenvalue weighted by Gasteiger charge is -2.43. The van der Waals surface area contributed by atoms with Gasteiger partial charge < -0.3 is 0 Å². The van der Waals surface area contributed by atoms with Crippen molar-refractivity contribution < 1.29 is 13.2 Å². The summed E-state index contributed by atoms with van der Waals surface area (Å²) in [6.45, 7) is 0. The van der Waals surface area contributed by atoms with Crippen LogP contribution in [0.25, 0.3) is 0 Å². The number of fused-ring (bicyclic) bond motifs is 2. The number of rotatable bonds is 2. The molecule has 2 aliphatic carbocycles. The molecule has 0 aromatic heterocycles. The summed E-state index contributed by atoms with van der Waals surface area (Å²) in [5, 5.41) is 0. The molecule has 1 amide bonds. The normalized spacial score (nSPS) is 34.4. The molecule has 0 aromatic rings. The van der Waals surface area contributed by atoms with E-state index in [-0.39, 0.29) is 11.3 Å². The highest BCUT2D eigenvalue weighted by atomic mass is 32.2. The van der Waals surface area contributed by atoms with Gasteiger partial charge in [0.15, 0.2) is 0 Å². The van der Waals surface area contributed by atoms with Gasteiger partial charge in [-0.2, -0.15) is 0 Å². The van der Waals surface area contributed by atoms with Crippen molar-refractivity contribution in [2.24, 2.45) is 11.3 Å². The van der Waals surface area contributed by atoms with E-state index < -0.39 is 10.0 Å². The zero-order valence-electron chi connectivity index (χ0n) is 9.66. The van der Waals surface area contributed by atoms with Gasteiger partial charge in [0.05, 0.1) is 11.7 Å². The largest absolute Gasteiger partial charge is 0.273 e. The van der Waals surface area contributed by atoms with E-state index in [0.717, 1.165) is 38.4 Å². The Kier molecular flexibility index (Phi) is 2.99. The fourth-order valence-electron chi connectivity index (χ4n) is 3.28. The van der Waals surface area contributed by atoms with Crippen LogP contribution in [-0.4, -0.2) is 20.6 Å². The molecule has 16 heavy (non-hydrogen) atoms. The SMILES string of the molecule is CS(=O)(=O)NC(=O)C12CCCC(CCC1)C2. The monoisotopic (exact) mass is 245 g/mol. The van der Waals surface area contributed by atoms with Crippen molar-refractivity contribution in [1.29, 1.82) is 0 Å². The number of carbonyl (C=O) groups excluding carboxylic acids is 1. The highest BCUT2D eigenvalue weighted by molar-refractivity contribution is 7.89. The Hall–Kier alpha value is -0.580. The van der Waals surface area contributed by atoms with E-state index in [1.54, 1.807) is 0 Å². The first kappa shape index (κ1) is 11.9. The molecule has 2 aliphatic rings. The second-order valence-electron chi connectivity index (χ2n) is 5.34. The van der Waals surface area contributed by atoms with Crippen molar-refractivity contribution in [2.45, 2.75) is 44.9 Å². The van der Waals surface area contributed by atoms with Gasteiger partial charge in [0.2, 0.25) is 15.9 Å². The molecule has 0 aliphatic heterocycles. The minimum atomic E-state index is -3.41. The first-order chi connectivity index (χ1) is 7.41. The van der Waals surface area contributed by atoms with Crippen LogP contribution in [0.1, 0.15) is 44.9 Å². The minimum Gasteiger partial charge on any atom is -0.273 e. The summed E-state index contributed by atoms with van der Waals surface area (Å²) in [6, 6.07) is 0. The van der Waals surface area contributed by atoms with Gasteiger partial charge in [-0.25, -0.2) is 8.42 Å². The van der Waals surface area contributed by atoms with E-state index in [0.29, 0.717) is 5.92 Å². The highest BCUT2D eigenvalue weighted by Gasteiger charge is 2.45. The smallest absolute Gasteiger partial charge is 0.239 e. The van der Waals surface area contributed by atoms with Gasteiger partial charge in [-0.3, -0.25) is 9.52 Å². The molecule has 0 heterocycles. The third-order valence-electron chi connectivity index (χ3n) is 3.97. The molecular formula is C11H19NO3S. The van der Waals surface area contributed by atoms with E-state index in [9.17, 15) is 13.2 Å². The fourth-order valence-corrected chi connectivity index (χ4v) is 3.84. The molecule has 0 radical (unpaired) electrons. The second-order valence-corrected chi connectivity index (χ2v) is 7.09. The molecule has 0 aromatic carbocycles. The number of hydrogen-bond acceptors (Lipinski definition) is 3. The van der Waals surface area contributed by atoms with Gasteiger partial charge in [-0.15, -0.1) is 0 Å². The van der Waals surface area contributed by atoms with Gasteiger partial charge in [-0.05, 0) is 25.2 Å². The van der Waals surface area contributed by atoms with Crippen molar-refractivity contribution in [2.75, 3.05) is 6.26 Å². The lowest BCUT2D eigenvalue weighted by Crippen LogP contribution is -2.47. The number of amides is 1. The zero-order chi connectivity index (χ0) is 11.8. The predicted octanol–water partition coefficient (Wildman–Crippen LogP) is 1.42. The molecule has 92 valence electrons. The van der Waals surface area contributed by atoms with Crippen molar-refractivity contribution in [3.8, 4) is 0 Å². The van der Waals surface area contributed by atoms with Crippen LogP contribution >= 0.6 is 0 Å². The van der Waals surface area contributed by atoms with Crippen LogP contribution in [0.4, 0.5) is 0 Å². The Morgan fingerprint density at radius 1 is 1.25 bits per heavy atom. The lowest BCUT2D eigenvalue weighted by atomic mass is 9.62. The summed E-state index contributed by atoms with van der Waals surface area (Å²) >= 11 is 0. The molecule has 2 bridgehead atoms. The summed E-state index contributed by atoms with van der Waals surface area (Å²) in [7, 11) is -3.41. The van der Waals surface area contributed by atoms with Crippen LogP contribution in [0.2, 0.25) is 0 Å². The van der Waals surface area contributed by atoms with Crippen molar-refractivity contribution in [3.05, 3.63) is 0 Å². The molecular weight excluding hydrogens is 226 g/mol. The molecule has 4 nitrogen and oxygen atoms in total. The number of nitrogens with one attached hydrogen (secondary N) is 1. The molecule has 2 fully saturated rings. The van der Waals surface area contributed by atoms with Crippen LogP contribution in [0, 0.1) is 11.3 Å². The van der Waals surface area contributed by atoms with E-state index in [1.165, 1.54) is 12.8 Å². The van der Waals surface area contributed by atoms with Gasteiger partial charge in [0, 0.05) is 0 Å². The zero-order valence-corrected chi connectivity index (χ0v) is 10.5. The summed E-state index contributed by atoms with van der Waals surface area (Å²) in [4.78, 5) is 12.1. The number of sulfonamides is 1. The molecule has 5 heteroatoms. The Morgan fingerprint density at radius 2 is 1.81 bits per heavy atom. The van der Waals surface area contributed by atoms with E-state index in [1.807, 2.05) is 0 Å². The number of carbonyl (C=O) groups is 1. The molecule has 1 N–H and O–H groups in total. The van der Waals surface area contributed by atoms with Crippen LogP contribution in [-0.2, 0) is 14.8 Å². The third kappa shape index (κ3) is 2.39. The van der Waals surface area contributed by atoms with Crippen LogP contribution < -0.4 is 4.72 Å².